The van der Waals surface area contributed by atoms with Gasteiger partial charge in [-0.15, -0.1) is 0 Å². The molecule has 0 aliphatic rings. The van der Waals surface area contributed by atoms with E-state index in [1.165, 1.54) is 36.4 Å². The second-order valence-electron chi connectivity index (χ2n) is 7.12. The molecule has 0 unspecified atom stereocenters. The van der Waals surface area contributed by atoms with Gasteiger partial charge in [-0.3, -0.25) is 14.3 Å². The van der Waals surface area contributed by atoms with E-state index >= 15 is 0 Å². The van der Waals surface area contributed by atoms with Crippen LogP contribution in [0.15, 0.2) is 53.4 Å². The van der Waals surface area contributed by atoms with Crippen molar-refractivity contribution in [1.29, 1.82) is 0 Å². The molecule has 0 saturated heterocycles. The van der Waals surface area contributed by atoms with E-state index in [-0.39, 0.29) is 28.6 Å². The summed E-state index contributed by atoms with van der Waals surface area (Å²) in [5.74, 6) is -1.43. The molecule has 2 rings (SSSR count). The zero-order chi connectivity index (χ0) is 20.9. The first-order chi connectivity index (χ1) is 13.0. The van der Waals surface area contributed by atoms with Crippen LogP contribution in [-0.4, -0.2) is 32.3 Å². The average molecular weight is 407 g/mol. The molecule has 0 radical (unpaired) electrons. The maximum Gasteiger partial charge on any atom is 0.261 e. The van der Waals surface area contributed by atoms with Gasteiger partial charge in [0, 0.05) is 16.8 Å². The molecule has 0 fully saturated rings. The molecule has 0 aliphatic heterocycles. The highest BCUT2D eigenvalue weighted by Crippen LogP contribution is 2.17. The predicted molar refractivity (Wildman–Crippen MR) is 104 cm³/mol. The maximum atomic E-state index is 13.0. The van der Waals surface area contributed by atoms with Crippen molar-refractivity contribution in [2.24, 2.45) is 0 Å². The number of benzene rings is 2. The van der Waals surface area contributed by atoms with Crippen LogP contribution in [-0.2, 0) is 14.8 Å². The molecular weight excluding hydrogens is 385 g/mol. The predicted octanol–water partition coefficient (Wildman–Crippen LogP) is 2.27. The van der Waals surface area contributed by atoms with Crippen molar-refractivity contribution in [2.75, 3.05) is 11.3 Å². The lowest BCUT2D eigenvalue weighted by Crippen LogP contribution is -2.45. The summed E-state index contributed by atoms with van der Waals surface area (Å²) in [7, 11) is -3.97. The smallest absolute Gasteiger partial charge is 0.261 e. The fourth-order valence-corrected chi connectivity index (χ4v) is 3.37. The van der Waals surface area contributed by atoms with E-state index in [2.05, 4.69) is 15.4 Å². The number of carbonyl (C=O) groups excluding carboxylic acids is 2. The van der Waals surface area contributed by atoms with Gasteiger partial charge in [0.1, 0.15) is 5.82 Å². The molecule has 0 saturated carbocycles. The molecule has 0 aromatic heterocycles. The van der Waals surface area contributed by atoms with Crippen LogP contribution >= 0.6 is 0 Å². The highest BCUT2D eigenvalue weighted by Gasteiger charge is 2.18. The molecule has 3 N–H and O–H groups in total. The van der Waals surface area contributed by atoms with Gasteiger partial charge in [-0.25, -0.2) is 12.8 Å². The van der Waals surface area contributed by atoms with Crippen molar-refractivity contribution in [3.8, 4) is 0 Å². The highest BCUT2D eigenvalue weighted by molar-refractivity contribution is 7.92. The Balaban J connectivity index is 2.09. The first-order valence-electron chi connectivity index (χ1n) is 8.44. The van der Waals surface area contributed by atoms with Crippen molar-refractivity contribution < 1.29 is 22.4 Å². The van der Waals surface area contributed by atoms with E-state index in [1.54, 1.807) is 0 Å². The van der Waals surface area contributed by atoms with Crippen molar-refractivity contribution in [3.63, 3.8) is 0 Å². The van der Waals surface area contributed by atoms with Crippen LogP contribution in [0.1, 0.15) is 31.1 Å². The number of anilines is 1. The zero-order valence-corrected chi connectivity index (χ0v) is 16.6. The molecule has 7 nitrogen and oxygen atoms in total. The number of nitrogens with one attached hydrogen (secondary N) is 3. The molecule has 0 spiro atoms. The van der Waals surface area contributed by atoms with Crippen molar-refractivity contribution in [2.45, 2.75) is 31.2 Å². The fourth-order valence-electron chi connectivity index (χ4n) is 2.26. The quantitative estimate of drug-likeness (QED) is 0.683. The minimum Gasteiger partial charge on any atom is -0.350 e. The molecule has 2 aromatic rings. The fraction of sp³-hybridized carbons (Fsp3) is 0.263. The SMILES string of the molecule is CC(C)(C)NC(=O)CNC(=O)c1cccc(S(=O)(=O)Nc2ccc(F)cc2)c1. The zero-order valence-electron chi connectivity index (χ0n) is 15.7. The van der Waals surface area contributed by atoms with Gasteiger partial charge < -0.3 is 10.6 Å². The van der Waals surface area contributed by atoms with Gasteiger partial charge in [0.05, 0.1) is 11.4 Å². The molecular formula is C19H22FN3O4S. The van der Waals surface area contributed by atoms with Crippen LogP contribution in [0.25, 0.3) is 0 Å². The van der Waals surface area contributed by atoms with Crippen molar-refractivity contribution in [3.05, 3.63) is 59.9 Å². The molecule has 2 aromatic carbocycles. The topological polar surface area (TPSA) is 104 Å². The number of hydrogen-bond donors (Lipinski definition) is 3. The summed E-state index contributed by atoms with van der Waals surface area (Å²) in [5, 5.41) is 5.15. The second-order valence-corrected chi connectivity index (χ2v) is 8.80. The minimum atomic E-state index is -3.97. The van der Waals surface area contributed by atoms with E-state index in [0.29, 0.717) is 0 Å². The van der Waals surface area contributed by atoms with Gasteiger partial charge >= 0.3 is 0 Å². The molecule has 28 heavy (non-hydrogen) atoms. The first kappa shape index (κ1) is 21.4. The number of hydrogen-bond acceptors (Lipinski definition) is 4. The Morgan fingerprint density at radius 3 is 2.29 bits per heavy atom. The average Bonchev–Trinajstić information content (AvgIpc) is 2.60. The van der Waals surface area contributed by atoms with Crippen molar-refractivity contribution in [1.82, 2.24) is 10.6 Å². The van der Waals surface area contributed by atoms with E-state index in [0.717, 1.165) is 12.1 Å². The minimum absolute atomic E-state index is 0.0885. The summed E-state index contributed by atoms with van der Waals surface area (Å²) >= 11 is 0. The Hall–Kier alpha value is -2.94. The van der Waals surface area contributed by atoms with E-state index in [9.17, 15) is 22.4 Å². The van der Waals surface area contributed by atoms with Gasteiger partial charge in [-0.2, -0.15) is 0 Å². The van der Waals surface area contributed by atoms with Crippen LogP contribution < -0.4 is 15.4 Å². The Morgan fingerprint density at radius 1 is 1.04 bits per heavy atom. The van der Waals surface area contributed by atoms with Crippen LogP contribution in [0.2, 0.25) is 0 Å². The Labute approximate surface area is 163 Å². The summed E-state index contributed by atoms with van der Waals surface area (Å²) in [6, 6.07) is 10.2. The monoisotopic (exact) mass is 407 g/mol. The lowest BCUT2D eigenvalue weighted by molar-refractivity contribution is -0.121. The number of carbonyl (C=O) groups is 2. The Morgan fingerprint density at radius 2 is 1.68 bits per heavy atom. The first-order valence-corrected chi connectivity index (χ1v) is 9.92. The summed E-state index contributed by atoms with van der Waals surface area (Å²) < 4.78 is 40.2. The normalized spacial score (nSPS) is 11.6. The van der Waals surface area contributed by atoms with Gasteiger partial charge in [-0.1, -0.05) is 6.07 Å². The van der Waals surface area contributed by atoms with Gasteiger partial charge in [0.2, 0.25) is 5.91 Å². The molecule has 0 heterocycles. The third-order valence-electron chi connectivity index (χ3n) is 3.43. The lowest BCUT2D eigenvalue weighted by Gasteiger charge is -2.20. The summed E-state index contributed by atoms with van der Waals surface area (Å²) in [6.07, 6.45) is 0. The standard InChI is InChI=1S/C19H22FN3O4S/c1-19(2,3)22-17(24)12-21-18(25)13-5-4-6-16(11-13)28(26,27)23-15-9-7-14(20)8-10-15/h4-11,23H,12H2,1-3H3,(H,21,25)(H,22,24). The second kappa shape index (κ2) is 8.39. The summed E-state index contributed by atoms with van der Waals surface area (Å²) in [4.78, 5) is 23.9. The third-order valence-corrected chi connectivity index (χ3v) is 4.81. The van der Waals surface area contributed by atoms with Crippen LogP contribution in [0.4, 0.5) is 10.1 Å². The van der Waals surface area contributed by atoms with E-state index in [4.69, 9.17) is 0 Å². The molecule has 0 atom stereocenters. The van der Waals surface area contributed by atoms with E-state index < -0.39 is 27.3 Å². The molecule has 0 aliphatic carbocycles. The highest BCUT2D eigenvalue weighted by atomic mass is 32.2. The molecule has 150 valence electrons. The van der Waals surface area contributed by atoms with Crippen molar-refractivity contribution >= 4 is 27.5 Å². The number of sulfonamides is 1. The molecule has 9 heteroatoms. The number of amides is 2. The number of rotatable bonds is 6. The Kier molecular flexibility index (Phi) is 6.40. The molecule has 2 amide bonds. The van der Waals surface area contributed by atoms with Gasteiger partial charge in [0.25, 0.3) is 15.9 Å². The maximum absolute atomic E-state index is 13.0. The number of halogens is 1. The molecule has 0 bridgehead atoms. The van der Waals surface area contributed by atoms with E-state index in [1.807, 2.05) is 20.8 Å². The lowest BCUT2D eigenvalue weighted by atomic mass is 10.1. The largest absolute Gasteiger partial charge is 0.350 e. The summed E-state index contributed by atoms with van der Waals surface area (Å²) in [6.45, 7) is 5.21. The summed E-state index contributed by atoms with van der Waals surface area (Å²) in [5.41, 5.74) is -0.150. The Bertz CT molecular complexity index is 967. The van der Waals surface area contributed by atoms with Crippen LogP contribution in [0, 0.1) is 5.82 Å². The third kappa shape index (κ3) is 6.34. The van der Waals surface area contributed by atoms with Crippen LogP contribution in [0.3, 0.4) is 0 Å². The van der Waals surface area contributed by atoms with Crippen LogP contribution in [0.5, 0.6) is 0 Å². The van der Waals surface area contributed by atoms with Gasteiger partial charge in [-0.05, 0) is 63.2 Å². The van der Waals surface area contributed by atoms with Gasteiger partial charge in [0.15, 0.2) is 0 Å².